The molecule has 0 spiro atoms. The smallest absolute Gasteiger partial charge is 0.326 e. The van der Waals surface area contributed by atoms with Crippen LogP contribution < -0.4 is 5.32 Å². The van der Waals surface area contributed by atoms with E-state index < -0.39 is 22.8 Å². The molecule has 1 atom stereocenters. The Morgan fingerprint density at radius 2 is 2.17 bits per heavy atom. The Morgan fingerprint density at radius 3 is 2.79 bits per heavy atom. The maximum absolute atomic E-state index is 12.2. The second kappa shape index (κ2) is 6.55. The van der Waals surface area contributed by atoms with E-state index in [2.05, 4.69) is 10.3 Å². The number of nitrogens with zero attached hydrogens (tertiary/aromatic N) is 1. The lowest BCUT2D eigenvalue weighted by molar-refractivity contribution is -0.129. The van der Waals surface area contributed by atoms with Gasteiger partial charge in [0.25, 0.3) is 0 Å². The summed E-state index contributed by atoms with van der Waals surface area (Å²) < 4.78 is 36.9. The number of carbonyl (C=O) groups excluding carboxylic acids is 1. The quantitative estimate of drug-likeness (QED) is 0.520. The van der Waals surface area contributed by atoms with E-state index in [0.717, 1.165) is 16.5 Å². The number of thiazole rings is 1. The SMILES string of the molecule is O=C(Nc1ccc2nc(SCCC(F)(F)F)sc2c1)C1CC1(Cl)Cl. The molecule has 0 radical (unpaired) electrons. The highest BCUT2D eigenvalue weighted by Gasteiger charge is 2.56. The van der Waals surface area contributed by atoms with Crippen molar-refractivity contribution in [2.24, 2.45) is 5.92 Å². The summed E-state index contributed by atoms with van der Waals surface area (Å²) in [5.74, 6) is -0.739. The van der Waals surface area contributed by atoms with Gasteiger partial charge in [0.1, 0.15) is 4.33 Å². The predicted molar refractivity (Wildman–Crippen MR) is 92.2 cm³/mol. The summed E-state index contributed by atoms with van der Waals surface area (Å²) >= 11 is 14.1. The van der Waals surface area contributed by atoms with E-state index >= 15 is 0 Å². The molecule has 3 rings (SSSR count). The molecule has 0 bridgehead atoms. The third kappa shape index (κ3) is 4.47. The van der Waals surface area contributed by atoms with E-state index in [1.807, 2.05) is 0 Å². The average molecular weight is 415 g/mol. The number of carbonyl (C=O) groups is 1. The van der Waals surface area contributed by atoms with Gasteiger partial charge in [-0.1, -0.05) is 11.8 Å². The van der Waals surface area contributed by atoms with E-state index in [0.29, 0.717) is 22.0 Å². The Morgan fingerprint density at radius 1 is 1.46 bits per heavy atom. The number of rotatable bonds is 5. The van der Waals surface area contributed by atoms with Crippen molar-refractivity contribution in [1.29, 1.82) is 0 Å². The second-order valence-electron chi connectivity index (χ2n) is 5.38. The largest absolute Gasteiger partial charge is 0.389 e. The Balaban J connectivity index is 1.64. The number of halogens is 5. The third-order valence-corrected chi connectivity index (χ3v) is 6.39. The molecule has 10 heteroatoms. The molecule has 1 fully saturated rings. The normalized spacial score (nSPS) is 19.5. The van der Waals surface area contributed by atoms with Crippen LogP contribution >= 0.6 is 46.3 Å². The van der Waals surface area contributed by atoms with Crippen LogP contribution in [-0.4, -0.2) is 27.2 Å². The van der Waals surface area contributed by atoms with Crippen LogP contribution in [0.5, 0.6) is 0 Å². The number of thioether (sulfide) groups is 1. The minimum atomic E-state index is -4.16. The summed E-state index contributed by atoms with van der Waals surface area (Å²) in [6.45, 7) is 0. The lowest BCUT2D eigenvalue weighted by atomic mass is 10.3. The summed E-state index contributed by atoms with van der Waals surface area (Å²) in [6, 6.07) is 5.15. The van der Waals surface area contributed by atoms with Gasteiger partial charge in [0.05, 0.1) is 22.6 Å². The molecule has 0 aliphatic heterocycles. The minimum absolute atomic E-state index is 0.0673. The first-order chi connectivity index (χ1) is 11.1. The zero-order chi connectivity index (χ0) is 17.5. The number of anilines is 1. The van der Waals surface area contributed by atoms with Crippen molar-refractivity contribution in [2.75, 3.05) is 11.1 Å². The van der Waals surface area contributed by atoms with Crippen LogP contribution in [0.2, 0.25) is 0 Å². The lowest BCUT2D eigenvalue weighted by Crippen LogP contribution is -2.16. The number of hydrogen-bond acceptors (Lipinski definition) is 4. The van der Waals surface area contributed by atoms with Crippen LogP contribution in [-0.2, 0) is 4.79 Å². The monoisotopic (exact) mass is 414 g/mol. The molecule has 1 aliphatic carbocycles. The fourth-order valence-electron chi connectivity index (χ4n) is 2.02. The fraction of sp³-hybridized carbons (Fsp3) is 0.429. The van der Waals surface area contributed by atoms with E-state index in [4.69, 9.17) is 23.2 Å². The molecule has 0 saturated heterocycles. The zero-order valence-electron chi connectivity index (χ0n) is 12.0. The Labute approximate surface area is 153 Å². The van der Waals surface area contributed by atoms with Gasteiger partial charge < -0.3 is 5.32 Å². The summed E-state index contributed by atoms with van der Waals surface area (Å²) in [5.41, 5.74) is 1.27. The second-order valence-corrected chi connectivity index (χ2v) is 9.30. The third-order valence-electron chi connectivity index (χ3n) is 3.39. The molecular weight excluding hydrogens is 404 g/mol. The summed E-state index contributed by atoms with van der Waals surface area (Å²) in [6.07, 6.45) is -4.59. The van der Waals surface area contributed by atoms with Crippen molar-refractivity contribution < 1.29 is 18.0 Å². The van der Waals surface area contributed by atoms with Crippen molar-refractivity contribution in [3.05, 3.63) is 18.2 Å². The highest BCUT2D eigenvalue weighted by Crippen LogP contribution is 2.53. The molecule has 2 aromatic rings. The summed E-state index contributed by atoms with van der Waals surface area (Å²) in [7, 11) is 0. The molecule has 24 heavy (non-hydrogen) atoms. The van der Waals surface area contributed by atoms with E-state index in [1.165, 1.54) is 11.3 Å². The van der Waals surface area contributed by atoms with Crippen LogP contribution in [0.3, 0.4) is 0 Å². The maximum atomic E-state index is 12.2. The summed E-state index contributed by atoms with van der Waals surface area (Å²) in [4.78, 5) is 16.2. The Hall–Kier alpha value is -0.700. The van der Waals surface area contributed by atoms with E-state index in [-0.39, 0.29) is 11.7 Å². The molecule has 1 N–H and O–H groups in total. The van der Waals surface area contributed by atoms with Gasteiger partial charge in [-0.05, 0) is 24.6 Å². The molecule has 1 saturated carbocycles. The first-order valence-corrected chi connectivity index (χ1v) is 9.49. The molecule has 1 aromatic heterocycles. The van der Waals surface area contributed by atoms with Gasteiger partial charge >= 0.3 is 6.18 Å². The van der Waals surface area contributed by atoms with Crippen molar-refractivity contribution in [1.82, 2.24) is 4.98 Å². The highest BCUT2D eigenvalue weighted by molar-refractivity contribution is 8.01. The molecule has 1 unspecified atom stereocenters. The highest BCUT2D eigenvalue weighted by atomic mass is 35.5. The Bertz CT molecular complexity index is 779. The first-order valence-electron chi connectivity index (χ1n) is 6.93. The van der Waals surface area contributed by atoms with Crippen LogP contribution in [0.25, 0.3) is 10.2 Å². The van der Waals surface area contributed by atoms with Crippen LogP contribution in [0, 0.1) is 5.92 Å². The topological polar surface area (TPSA) is 42.0 Å². The van der Waals surface area contributed by atoms with Gasteiger partial charge in [-0.15, -0.1) is 34.5 Å². The van der Waals surface area contributed by atoms with Gasteiger partial charge in [-0.2, -0.15) is 13.2 Å². The Kier molecular flexibility index (Phi) is 4.94. The zero-order valence-corrected chi connectivity index (χ0v) is 15.1. The van der Waals surface area contributed by atoms with E-state index in [9.17, 15) is 18.0 Å². The number of aromatic nitrogens is 1. The van der Waals surface area contributed by atoms with Crippen molar-refractivity contribution in [3.63, 3.8) is 0 Å². The predicted octanol–water partition coefficient (Wildman–Crippen LogP) is 5.47. The molecule has 3 nitrogen and oxygen atoms in total. The van der Waals surface area contributed by atoms with E-state index in [1.54, 1.807) is 18.2 Å². The standard InChI is InChI=1S/C14H11Cl2F3N2OS2/c15-13(16)6-8(13)11(22)20-7-1-2-9-10(5-7)24-12(21-9)23-4-3-14(17,18)19/h1-2,5,8H,3-4,6H2,(H,20,22). The van der Waals surface area contributed by atoms with Crippen molar-refractivity contribution in [3.8, 4) is 0 Å². The van der Waals surface area contributed by atoms with Crippen LogP contribution in [0.4, 0.5) is 18.9 Å². The fourth-order valence-corrected chi connectivity index (χ4v) is 4.69. The van der Waals surface area contributed by atoms with Crippen LogP contribution in [0.1, 0.15) is 12.8 Å². The van der Waals surface area contributed by atoms with Crippen molar-refractivity contribution in [2.45, 2.75) is 27.7 Å². The molecule has 1 aliphatic rings. The molecule has 1 heterocycles. The molecular formula is C14H11Cl2F3N2OS2. The number of alkyl halides is 5. The van der Waals surface area contributed by atoms with Gasteiger partial charge in [-0.25, -0.2) is 4.98 Å². The molecule has 1 aromatic carbocycles. The number of nitrogens with one attached hydrogen (secondary N) is 1. The van der Waals surface area contributed by atoms with Crippen LogP contribution in [0.15, 0.2) is 22.5 Å². The maximum Gasteiger partial charge on any atom is 0.389 e. The lowest BCUT2D eigenvalue weighted by Gasteiger charge is -2.04. The summed E-state index contributed by atoms with van der Waals surface area (Å²) in [5, 5.41) is 2.74. The van der Waals surface area contributed by atoms with Gasteiger partial charge in [0, 0.05) is 11.4 Å². The average Bonchev–Trinajstić information content (AvgIpc) is 2.90. The van der Waals surface area contributed by atoms with Gasteiger partial charge in [0.15, 0.2) is 4.34 Å². The van der Waals surface area contributed by atoms with Crippen molar-refractivity contribution >= 4 is 68.1 Å². The first kappa shape index (κ1) is 18.1. The molecule has 130 valence electrons. The van der Waals surface area contributed by atoms with Gasteiger partial charge in [0.2, 0.25) is 5.91 Å². The molecule has 1 amide bonds. The van der Waals surface area contributed by atoms with Gasteiger partial charge in [-0.3, -0.25) is 4.79 Å². The number of hydrogen-bond donors (Lipinski definition) is 1. The number of benzene rings is 1. The number of fused-ring (bicyclic) bond motifs is 1. The number of amides is 1. The minimum Gasteiger partial charge on any atom is -0.326 e.